The van der Waals surface area contributed by atoms with E-state index in [0.29, 0.717) is 24.4 Å². The largest absolute Gasteiger partial charge is 0.348 e. The van der Waals surface area contributed by atoms with Crippen LogP contribution in [0.3, 0.4) is 0 Å². The van der Waals surface area contributed by atoms with Gasteiger partial charge in [0.15, 0.2) is 0 Å². The summed E-state index contributed by atoms with van der Waals surface area (Å²) in [7, 11) is 0. The van der Waals surface area contributed by atoms with Gasteiger partial charge in [0.2, 0.25) is 11.9 Å². The summed E-state index contributed by atoms with van der Waals surface area (Å²) >= 11 is 0. The van der Waals surface area contributed by atoms with Crippen molar-refractivity contribution in [3.05, 3.63) is 64.1 Å². The van der Waals surface area contributed by atoms with E-state index in [4.69, 9.17) is 0 Å². The Labute approximate surface area is 216 Å². The van der Waals surface area contributed by atoms with Crippen LogP contribution in [0.4, 0.5) is 14.7 Å². The zero-order chi connectivity index (χ0) is 26.2. The molecule has 0 bridgehead atoms. The van der Waals surface area contributed by atoms with Gasteiger partial charge in [-0.05, 0) is 50.8 Å². The quantitative estimate of drug-likeness (QED) is 0.494. The maximum atomic E-state index is 14.1. The van der Waals surface area contributed by atoms with Crippen molar-refractivity contribution in [1.82, 2.24) is 24.8 Å². The van der Waals surface area contributed by atoms with Crippen molar-refractivity contribution in [1.29, 1.82) is 0 Å². The Bertz CT molecular complexity index is 1290. The molecule has 37 heavy (non-hydrogen) atoms. The van der Waals surface area contributed by atoms with Crippen molar-refractivity contribution >= 4 is 17.0 Å². The molecule has 2 aromatic heterocycles. The number of rotatable bonds is 6. The lowest BCUT2D eigenvalue weighted by Crippen LogP contribution is -2.56. The first-order valence-electron chi connectivity index (χ1n) is 13.3. The van der Waals surface area contributed by atoms with Crippen molar-refractivity contribution in [3.63, 3.8) is 0 Å². The van der Waals surface area contributed by atoms with Crippen LogP contribution in [-0.2, 0) is 5.54 Å². The second-order valence-corrected chi connectivity index (χ2v) is 10.7. The van der Waals surface area contributed by atoms with E-state index in [1.54, 1.807) is 22.9 Å². The van der Waals surface area contributed by atoms with Gasteiger partial charge in [-0.25, -0.2) is 13.8 Å². The van der Waals surface area contributed by atoms with Gasteiger partial charge in [-0.2, -0.15) is 4.98 Å². The van der Waals surface area contributed by atoms with Gasteiger partial charge >= 0.3 is 0 Å². The zero-order valence-corrected chi connectivity index (χ0v) is 21.8. The van der Waals surface area contributed by atoms with E-state index in [1.165, 1.54) is 0 Å². The molecule has 1 aromatic carbocycles. The lowest BCUT2D eigenvalue weighted by Gasteiger charge is -2.50. The average Bonchev–Trinajstić information content (AvgIpc) is 2.89. The molecule has 0 spiro atoms. The molecule has 0 amide bonds. The first-order chi connectivity index (χ1) is 17.7. The third-order valence-corrected chi connectivity index (χ3v) is 8.01. The van der Waals surface area contributed by atoms with E-state index in [9.17, 15) is 13.6 Å². The van der Waals surface area contributed by atoms with Gasteiger partial charge in [0, 0.05) is 68.3 Å². The zero-order valence-electron chi connectivity index (χ0n) is 21.8. The van der Waals surface area contributed by atoms with E-state index < -0.39 is 5.92 Å². The molecule has 3 heterocycles. The molecule has 0 unspecified atom stereocenters. The topological polar surface area (TPSA) is 75.1 Å². The summed E-state index contributed by atoms with van der Waals surface area (Å²) in [5.41, 5.74) is 2.34. The molecule has 2 aliphatic rings. The maximum absolute atomic E-state index is 14.1. The van der Waals surface area contributed by atoms with Gasteiger partial charge in [0.25, 0.3) is 5.56 Å². The van der Waals surface area contributed by atoms with Crippen LogP contribution in [0.25, 0.3) is 11.0 Å². The molecule has 1 atom stereocenters. The molecule has 198 valence electrons. The highest BCUT2D eigenvalue weighted by Crippen LogP contribution is 2.47. The van der Waals surface area contributed by atoms with Crippen LogP contribution in [0, 0.1) is 0 Å². The summed E-state index contributed by atoms with van der Waals surface area (Å²) in [5.74, 6) is -2.12. The van der Waals surface area contributed by atoms with Crippen molar-refractivity contribution in [2.24, 2.45) is 0 Å². The normalized spacial score (nSPS) is 20.7. The predicted octanol–water partition coefficient (Wildman–Crippen LogP) is 4.86. The summed E-state index contributed by atoms with van der Waals surface area (Å²) < 4.78 is 29.9. The number of hydrogen-bond acceptors (Lipinski definition) is 6. The lowest BCUT2D eigenvalue weighted by molar-refractivity contribution is -0.0869. The molecule has 1 aliphatic heterocycles. The van der Waals surface area contributed by atoms with Crippen LogP contribution < -0.4 is 16.2 Å². The Kier molecular flexibility index (Phi) is 7.02. The molecule has 3 aromatic rings. The molecule has 0 radical (unpaired) electrons. The summed E-state index contributed by atoms with van der Waals surface area (Å²) in [5, 5.41) is 7.56. The van der Waals surface area contributed by atoms with Crippen LogP contribution in [0.2, 0.25) is 0 Å². The SMILES string of the molecule is CC(C)n1c(=O)ccc2cnc(N[C@@H](C)c3ccc(C4(N5CCNCC5)CCC(F)(F)CC4)cc3)nc21. The summed E-state index contributed by atoms with van der Waals surface area (Å²) in [4.78, 5) is 23.9. The van der Waals surface area contributed by atoms with Crippen LogP contribution >= 0.6 is 0 Å². The standard InChI is InChI=1S/C28H36F2N6O/c1-19(2)36-24(37)9-6-22-18-32-26(34-25(22)36)33-20(3)21-4-7-23(8-5-21)27(35-16-14-31-15-17-35)10-12-28(29,30)13-11-27/h4-9,18-20,31H,10-17H2,1-3H3,(H,32,33,34)/t20-/m0/s1. The fourth-order valence-corrected chi connectivity index (χ4v) is 5.88. The number of benzene rings is 1. The summed E-state index contributed by atoms with van der Waals surface area (Å²) in [6, 6.07) is 11.6. The van der Waals surface area contributed by atoms with Gasteiger partial charge in [0.1, 0.15) is 5.65 Å². The number of fused-ring (bicyclic) bond motifs is 1. The van der Waals surface area contributed by atoms with E-state index in [2.05, 4.69) is 49.8 Å². The number of aromatic nitrogens is 3. The number of hydrogen-bond donors (Lipinski definition) is 2. The second kappa shape index (κ2) is 10.1. The highest BCUT2D eigenvalue weighted by molar-refractivity contribution is 5.75. The molecule has 2 N–H and O–H groups in total. The van der Waals surface area contributed by atoms with Gasteiger partial charge in [-0.15, -0.1) is 0 Å². The molecular weight excluding hydrogens is 474 g/mol. The van der Waals surface area contributed by atoms with Crippen LogP contribution in [-0.4, -0.2) is 51.5 Å². The van der Waals surface area contributed by atoms with Crippen LogP contribution in [0.1, 0.15) is 69.7 Å². The van der Waals surface area contributed by atoms with Gasteiger partial charge in [-0.1, -0.05) is 24.3 Å². The third kappa shape index (κ3) is 5.11. The van der Waals surface area contributed by atoms with Gasteiger partial charge in [0.05, 0.1) is 6.04 Å². The molecule has 1 aliphatic carbocycles. The minimum Gasteiger partial charge on any atom is -0.348 e. The van der Waals surface area contributed by atoms with Crippen LogP contribution in [0.15, 0.2) is 47.4 Å². The predicted molar refractivity (Wildman–Crippen MR) is 142 cm³/mol. The van der Waals surface area contributed by atoms with Crippen molar-refractivity contribution in [3.8, 4) is 0 Å². The lowest BCUT2D eigenvalue weighted by atomic mass is 9.73. The number of nitrogens with one attached hydrogen (secondary N) is 2. The monoisotopic (exact) mass is 510 g/mol. The highest BCUT2D eigenvalue weighted by atomic mass is 19.3. The van der Waals surface area contributed by atoms with E-state index in [0.717, 1.165) is 42.7 Å². The number of nitrogens with zero attached hydrogens (tertiary/aromatic N) is 4. The smallest absolute Gasteiger partial charge is 0.252 e. The Morgan fingerprint density at radius 1 is 0.973 bits per heavy atom. The van der Waals surface area contributed by atoms with Gasteiger partial charge in [-0.3, -0.25) is 14.3 Å². The Morgan fingerprint density at radius 3 is 2.30 bits per heavy atom. The minimum absolute atomic E-state index is 0.0216. The highest BCUT2D eigenvalue weighted by Gasteiger charge is 2.47. The molecule has 7 nitrogen and oxygen atoms in total. The fraction of sp³-hybridized carbons (Fsp3) is 0.536. The van der Waals surface area contributed by atoms with Crippen molar-refractivity contribution in [2.45, 2.75) is 70.0 Å². The molecular formula is C28H36F2N6O. The Morgan fingerprint density at radius 2 is 1.65 bits per heavy atom. The van der Waals surface area contributed by atoms with E-state index >= 15 is 0 Å². The summed E-state index contributed by atoms with van der Waals surface area (Å²) in [6.07, 6.45) is 2.52. The fourth-order valence-electron chi connectivity index (χ4n) is 5.88. The molecule has 9 heteroatoms. The number of anilines is 1. The molecule has 1 saturated carbocycles. The van der Waals surface area contributed by atoms with Crippen molar-refractivity contribution < 1.29 is 8.78 Å². The molecule has 1 saturated heterocycles. The third-order valence-electron chi connectivity index (χ3n) is 8.01. The maximum Gasteiger partial charge on any atom is 0.252 e. The van der Waals surface area contributed by atoms with E-state index in [-0.39, 0.29) is 36.0 Å². The van der Waals surface area contributed by atoms with Crippen LogP contribution in [0.5, 0.6) is 0 Å². The number of piperazine rings is 1. The number of halogens is 2. The van der Waals surface area contributed by atoms with E-state index in [1.807, 2.05) is 20.8 Å². The number of pyridine rings is 1. The minimum atomic E-state index is -2.57. The Hall–Kier alpha value is -2.91. The molecule has 2 fully saturated rings. The summed E-state index contributed by atoms with van der Waals surface area (Å²) in [6.45, 7) is 9.46. The van der Waals surface area contributed by atoms with Crippen molar-refractivity contribution in [2.75, 3.05) is 31.5 Å². The van der Waals surface area contributed by atoms with Gasteiger partial charge < -0.3 is 10.6 Å². The average molecular weight is 511 g/mol. The first kappa shape index (κ1) is 25.7. The second-order valence-electron chi connectivity index (χ2n) is 10.7. The number of alkyl halides is 2. The molecule has 5 rings (SSSR count). The Balaban J connectivity index is 1.38. The first-order valence-corrected chi connectivity index (χ1v) is 13.3.